The maximum atomic E-state index is 12.3. The van der Waals surface area contributed by atoms with Crippen molar-refractivity contribution in [1.82, 2.24) is 10.3 Å². The molecule has 1 amide bonds. The summed E-state index contributed by atoms with van der Waals surface area (Å²) in [6.07, 6.45) is 5.18. The predicted molar refractivity (Wildman–Crippen MR) is 82.8 cm³/mol. The minimum Gasteiger partial charge on any atom is -0.349 e. The molecule has 1 fully saturated rings. The van der Waals surface area contributed by atoms with Gasteiger partial charge in [-0.1, -0.05) is 26.7 Å². The molecular formula is C15H24ClN3O. The first-order valence-corrected chi connectivity index (χ1v) is 7.07. The predicted octanol–water partition coefficient (Wildman–Crippen LogP) is 2.52. The highest BCUT2D eigenvalue weighted by molar-refractivity contribution is 5.94. The number of nitrogens with two attached hydrogens (primary N) is 1. The van der Waals surface area contributed by atoms with Crippen molar-refractivity contribution < 1.29 is 4.79 Å². The Kier molecular flexibility index (Phi) is 6.43. The largest absolute Gasteiger partial charge is 0.349 e. The zero-order valence-corrected chi connectivity index (χ0v) is 13.0. The maximum absolute atomic E-state index is 12.3. The van der Waals surface area contributed by atoms with Crippen LogP contribution in [0.15, 0.2) is 18.3 Å². The molecule has 4 nitrogen and oxygen atoms in total. The number of amides is 1. The van der Waals surface area contributed by atoms with Crippen LogP contribution < -0.4 is 11.1 Å². The number of carbonyl (C=O) groups is 1. The van der Waals surface area contributed by atoms with Crippen LogP contribution in [0.4, 0.5) is 0 Å². The molecule has 3 unspecified atom stereocenters. The lowest BCUT2D eigenvalue weighted by Gasteiger charge is -2.34. The molecule has 1 aromatic heterocycles. The van der Waals surface area contributed by atoms with E-state index < -0.39 is 0 Å². The monoisotopic (exact) mass is 297 g/mol. The molecule has 1 saturated carbocycles. The van der Waals surface area contributed by atoms with Crippen LogP contribution in [0, 0.1) is 11.8 Å². The molecule has 1 aliphatic carbocycles. The van der Waals surface area contributed by atoms with Crippen LogP contribution in [0.2, 0.25) is 0 Å². The summed E-state index contributed by atoms with van der Waals surface area (Å²) in [6.45, 7) is 4.85. The van der Waals surface area contributed by atoms with E-state index in [-0.39, 0.29) is 24.4 Å². The van der Waals surface area contributed by atoms with Gasteiger partial charge in [-0.3, -0.25) is 9.78 Å². The van der Waals surface area contributed by atoms with Crippen LogP contribution >= 0.6 is 12.4 Å². The Labute approximate surface area is 126 Å². The van der Waals surface area contributed by atoms with Crippen LogP contribution in [0.25, 0.3) is 0 Å². The van der Waals surface area contributed by atoms with Crippen molar-refractivity contribution in [1.29, 1.82) is 0 Å². The van der Waals surface area contributed by atoms with E-state index >= 15 is 0 Å². The van der Waals surface area contributed by atoms with Crippen molar-refractivity contribution in [2.75, 3.05) is 0 Å². The fraction of sp³-hybridized carbons (Fsp3) is 0.600. The highest BCUT2D eigenvalue weighted by Gasteiger charge is 2.28. The minimum absolute atomic E-state index is 0. The van der Waals surface area contributed by atoms with Crippen LogP contribution in [-0.2, 0) is 6.54 Å². The number of hydrogen-bond donors (Lipinski definition) is 2. The molecule has 3 atom stereocenters. The van der Waals surface area contributed by atoms with Gasteiger partial charge in [0.15, 0.2) is 0 Å². The summed E-state index contributed by atoms with van der Waals surface area (Å²) < 4.78 is 0. The third-order valence-electron chi connectivity index (χ3n) is 4.31. The van der Waals surface area contributed by atoms with E-state index in [9.17, 15) is 4.79 Å². The highest BCUT2D eigenvalue weighted by Crippen LogP contribution is 2.29. The molecule has 1 heterocycles. The van der Waals surface area contributed by atoms with Crippen LogP contribution in [0.5, 0.6) is 0 Å². The van der Waals surface area contributed by atoms with Gasteiger partial charge in [-0.2, -0.15) is 0 Å². The Balaban J connectivity index is 0.00000200. The maximum Gasteiger partial charge on any atom is 0.251 e. The van der Waals surface area contributed by atoms with Gasteiger partial charge in [0.25, 0.3) is 5.91 Å². The fourth-order valence-corrected chi connectivity index (χ4v) is 2.77. The molecule has 1 aliphatic rings. The Bertz CT molecular complexity index is 452. The van der Waals surface area contributed by atoms with E-state index in [1.807, 2.05) is 0 Å². The van der Waals surface area contributed by atoms with Crippen LogP contribution in [-0.4, -0.2) is 16.9 Å². The van der Waals surface area contributed by atoms with Crippen LogP contribution in [0.1, 0.15) is 49.2 Å². The molecule has 1 aromatic rings. The second-order valence-electron chi connectivity index (χ2n) is 5.59. The van der Waals surface area contributed by atoms with Crippen molar-refractivity contribution in [3.8, 4) is 0 Å². The summed E-state index contributed by atoms with van der Waals surface area (Å²) in [5.41, 5.74) is 6.95. The minimum atomic E-state index is -0.0111. The van der Waals surface area contributed by atoms with Gasteiger partial charge >= 0.3 is 0 Å². The van der Waals surface area contributed by atoms with E-state index in [1.165, 1.54) is 12.8 Å². The van der Waals surface area contributed by atoms with Gasteiger partial charge in [0, 0.05) is 24.3 Å². The fourth-order valence-electron chi connectivity index (χ4n) is 2.77. The molecule has 0 aliphatic heterocycles. The standard InChI is InChI=1S/C15H23N3O.ClH/c1-10-4-3-5-14(11(10)2)18-15(19)12-6-7-17-13(8-12)9-16;/h6-8,10-11,14H,3-5,9,16H2,1-2H3,(H,18,19);1H. The lowest BCUT2D eigenvalue weighted by Crippen LogP contribution is -2.43. The number of rotatable bonds is 3. The third kappa shape index (κ3) is 3.93. The molecule has 0 saturated heterocycles. The molecule has 3 N–H and O–H groups in total. The molecule has 0 radical (unpaired) electrons. The second kappa shape index (κ2) is 7.60. The summed E-state index contributed by atoms with van der Waals surface area (Å²) in [5, 5.41) is 3.16. The average Bonchev–Trinajstić information content (AvgIpc) is 2.44. The summed E-state index contributed by atoms with van der Waals surface area (Å²) in [5.74, 6) is 1.20. The first-order chi connectivity index (χ1) is 9.11. The molecule has 0 aromatic carbocycles. The Hall–Kier alpha value is -1.13. The molecule has 20 heavy (non-hydrogen) atoms. The van der Waals surface area contributed by atoms with Gasteiger partial charge in [0.2, 0.25) is 0 Å². The first-order valence-electron chi connectivity index (χ1n) is 7.07. The first kappa shape index (κ1) is 16.9. The number of pyridine rings is 1. The second-order valence-corrected chi connectivity index (χ2v) is 5.59. The molecular weight excluding hydrogens is 274 g/mol. The van der Waals surface area contributed by atoms with Gasteiger partial charge in [-0.05, 0) is 30.4 Å². The number of hydrogen-bond acceptors (Lipinski definition) is 3. The smallest absolute Gasteiger partial charge is 0.251 e. The van der Waals surface area contributed by atoms with E-state index in [0.29, 0.717) is 23.9 Å². The topological polar surface area (TPSA) is 68.0 Å². The van der Waals surface area contributed by atoms with Crippen molar-refractivity contribution in [2.24, 2.45) is 17.6 Å². The van der Waals surface area contributed by atoms with E-state index in [2.05, 4.69) is 24.1 Å². The number of halogens is 1. The Morgan fingerprint density at radius 2 is 2.20 bits per heavy atom. The zero-order chi connectivity index (χ0) is 13.8. The average molecular weight is 298 g/mol. The normalized spacial score (nSPS) is 25.6. The van der Waals surface area contributed by atoms with Gasteiger partial charge in [-0.25, -0.2) is 0 Å². The summed E-state index contributed by atoms with van der Waals surface area (Å²) in [4.78, 5) is 16.4. The van der Waals surface area contributed by atoms with Crippen molar-refractivity contribution in [3.05, 3.63) is 29.6 Å². The lowest BCUT2D eigenvalue weighted by molar-refractivity contribution is 0.0891. The van der Waals surface area contributed by atoms with E-state index in [4.69, 9.17) is 5.73 Å². The summed E-state index contributed by atoms with van der Waals surface area (Å²) in [7, 11) is 0. The molecule has 5 heteroatoms. The Morgan fingerprint density at radius 1 is 1.45 bits per heavy atom. The number of carbonyl (C=O) groups excluding carboxylic acids is 1. The zero-order valence-electron chi connectivity index (χ0n) is 12.1. The molecule has 0 bridgehead atoms. The van der Waals surface area contributed by atoms with Gasteiger partial charge in [0.1, 0.15) is 0 Å². The number of aromatic nitrogens is 1. The highest BCUT2D eigenvalue weighted by atomic mass is 35.5. The summed E-state index contributed by atoms with van der Waals surface area (Å²) >= 11 is 0. The van der Waals surface area contributed by atoms with Crippen molar-refractivity contribution >= 4 is 18.3 Å². The summed E-state index contributed by atoms with van der Waals surface area (Å²) in [6, 6.07) is 3.79. The van der Waals surface area contributed by atoms with Gasteiger partial charge in [0.05, 0.1) is 5.69 Å². The number of nitrogens with zero attached hydrogens (tertiary/aromatic N) is 1. The number of nitrogens with one attached hydrogen (secondary N) is 1. The van der Waals surface area contributed by atoms with E-state index in [1.54, 1.807) is 18.3 Å². The lowest BCUT2D eigenvalue weighted by atomic mass is 9.78. The van der Waals surface area contributed by atoms with Gasteiger partial charge < -0.3 is 11.1 Å². The van der Waals surface area contributed by atoms with Crippen LogP contribution in [0.3, 0.4) is 0 Å². The van der Waals surface area contributed by atoms with Crippen molar-refractivity contribution in [2.45, 2.75) is 45.7 Å². The quantitative estimate of drug-likeness (QED) is 0.901. The van der Waals surface area contributed by atoms with Gasteiger partial charge in [-0.15, -0.1) is 12.4 Å². The van der Waals surface area contributed by atoms with E-state index in [0.717, 1.165) is 12.1 Å². The molecule has 0 spiro atoms. The van der Waals surface area contributed by atoms with Crippen molar-refractivity contribution in [3.63, 3.8) is 0 Å². The molecule has 2 rings (SSSR count). The Morgan fingerprint density at radius 3 is 2.90 bits per heavy atom. The molecule has 112 valence electrons. The SMILES string of the molecule is CC1CCCC(NC(=O)c2ccnc(CN)c2)C1C.Cl. The third-order valence-corrected chi connectivity index (χ3v) is 4.31.